The van der Waals surface area contributed by atoms with Gasteiger partial charge < -0.3 is 13.7 Å². The van der Waals surface area contributed by atoms with Gasteiger partial charge in [-0.15, -0.1) is 0 Å². The van der Waals surface area contributed by atoms with Gasteiger partial charge in [-0.05, 0) is 103 Å². The van der Waals surface area contributed by atoms with Gasteiger partial charge in [0, 0.05) is 61.4 Å². The van der Waals surface area contributed by atoms with E-state index in [4.69, 9.17) is 4.98 Å². The normalized spacial score (nSPS) is 11.9. The number of hydrogen-bond acceptors (Lipinski definition) is 1. The van der Waals surface area contributed by atoms with Gasteiger partial charge in [0.2, 0.25) is 0 Å². The average molecular weight is 716 g/mol. The van der Waals surface area contributed by atoms with Crippen molar-refractivity contribution in [3.63, 3.8) is 0 Å². The van der Waals surface area contributed by atoms with Crippen molar-refractivity contribution in [2.45, 2.75) is 0 Å². The van der Waals surface area contributed by atoms with E-state index in [1.54, 1.807) is 0 Å². The third kappa shape index (κ3) is 4.46. The first kappa shape index (κ1) is 30.8. The van der Waals surface area contributed by atoms with Gasteiger partial charge in [-0.25, -0.2) is 4.98 Å². The van der Waals surface area contributed by atoms with Crippen LogP contribution >= 0.6 is 0 Å². The standard InChI is InChI=1S/C51H33N5/c1-4-14-36(15-5-1)53-31-30-35-32-48-42(33-47(35)53)40-28-29-46-49(41-20-10-12-22-44(41)54(46)37-16-6-2-7-17-37)50(40)55(48)39-26-24-34(25-27-39)51-52-43-21-11-13-23-45(43)56(51)38-18-8-3-9-19-38/h1-33H. The van der Waals surface area contributed by atoms with Crippen molar-refractivity contribution < 1.29 is 0 Å². The number of para-hydroxylation sites is 6. The zero-order valence-corrected chi connectivity index (χ0v) is 30.3. The SMILES string of the molecule is c1ccc(-n2ccc3cc4c(cc32)c2ccc3c(c5ccccc5n3-c3ccccc3)c2n4-c2ccc(-c3nc4ccccc4n3-c3ccccc3)cc2)cc1. The second kappa shape index (κ2) is 11.9. The van der Waals surface area contributed by atoms with Gasteiger partial charge in [0.05, 0.1) is 38.6 Å². The first-order valence-corrected chi connectivity index (χ1v) is 19.1. The highest BCUT2D eigenvalue weighted by molar-refractivity contribution is 6.27. The molecule has 56 heavy (non-hydrogen) atoms. The van der Waals surface area contributed by atoms with Gasteiger partial charge in [-0.2, -0.15) is 0 Å². The molecule has 12 rings (SSSR count). The minimum Gasteiger partial charge on any atom is -0.317 e. The largest absolute Gasteiger partial charge is 0.317 e. The Balaban J connectivity index is 1.15. The van der Waals surface area contributed by atoms with Crippen LogP contribution in [0.3, 0.4) is 0 Å². The predicted molar refractivity (Wildman–Crippen MR) is 232 cm³/mol. The number of hydrogen-bond donors (Lipinski definition) is 0. The Labute approximate surface area is 322 Å². The van der Waals surface area contributed by atoms with E-state index in [1.807, 2.05) is 0 Å². The second-order valence-electron chi connectivity index (χ2n) is 14.5. The highest BCUT2D eigenvalue weighted by Gasteiger charge is 2.22. The van der Waals surface area contributed by atoms with Gasteiger partial charge in [-0.1, -0.05) is 91.0 Å². The van der Waals surface area contributed by atoms with Crippen molar-refractivity contribution in [1.82, 2.24) is 23.3 Å². The molecule has 0 amide bonds. The zero-order valence-electron chi connectivity index (χ0n) is 30.3. The first-order chi connectivity index (χ1) is 27.8. The Hall–Kier alpha value is -7.63. The average Bonchev–Trinajstić information content (AvgIpc) is 4.03. The quantitative estimate of drug-likeness (QED) is 0.175. The molecule has 5 heteroatoms. The van der Waals surface area contributed by atoms with Crippen LogP contribution in [0, 0.1) is 0 Å². The fraction of sp³-hybridized carbons (Fsp3) is 0. The van der Waals surface area contributed by atoms with Crippen LogP contribution in [0.25, 0.3) is 99.7 Å². The smallest absolute Gasteiger partial charge is 0.145 e. The number of imidazole rings is 1. The Morgan fingerprint density at radius 3 is 1.73 bits per heavy atom. The molecule has 0 saturated carbocycles. The molecule has 0 spiro atoms. The van der Waals surface area contributed by atoms with E-state index >= 15 is 0 Å². The molecule has 0 aliphatic carbocycles. The molecule has 8 aromatic carbocycles. The number of nitrogens with zero attached hydrogens (tertiary/aromatic N) is 5. The number of aromatic nitrogens is 5. The molecule has 0 atom stereocenters. The molecule has 0 saturated heterocycles. The van der Waals surface area contributed by atoms with E-state index < -0.39 is 0 Å². The lowest BCUT2D eigenvalue weighted by molar-refractivity contribution is 1.10. The molecular formula is C51H33N5. The molecule has 0 aliphatic heterocycles. The maximum atomic E-state index is 5.17. The first-order valence-electron chi connectivity index (χ1n) is 19.1. The zero-order chi connectivity index (χ0) is 36.7. The maximum absolute atomic E-state index is 5.17. The van der Waals surface area contributed by atoms with Crippen LogP contribution in [-0.2, 0) is 0 Å². The molecule has 0 radical (unpaired) electrons. The van der Waals surface area contributed by atoms with E-state index in [-0.39, 0.29) is 0 Å². The van der Waals surface area contributed by atoms with Gasteiger partial charge >= 0.3 is 0 Å². The third-order valence-corrected chi connectivity index (χ3v) is 11.4. The van der Waals surface area contributed by atoms with Crippen LogP contribution in [0.15, 0.2) is 200 Å². The molecule has 4 aromatic heterocycles. The van der Waals surface area contributed by atoms with Gasteiger partial charge in [0.1, 0.15) is 5.82 Å². The lowest BCUT2D eigenvalue weighted by atomic mass is 10.1. The van der Waals surface area contributed by atoms with Crippen molar-refractivity contribution in [2.24, 2.45) is 0 Å². The Bertz CT molecular complexity index is 3440. The van der Waals surface area contributed by atoms with Gasteiger partial charge in [-0.3, -0.25) is 4.57 Å². The van der Waals surface area contributed by atoms with E-state index in [9.17, 15) is 0 Å². The summed E-state index contributed by atoms with van der Waals surface area (Å²) in [6, 6.07) is 69.6. The van der Waals surface area contributed by atoms with Crippen molar-refractivity contribution in [2.75, 3.05) is 0 Å². The van der Waals surface area contributed by atoms with Crippen LogP contribution in [0.4, 0.5) is 0 Å². The molecule has 5 nitrogen and oxygen atoms in total. The second-order valence-corrected chi connectivity index (χ2v) is 14.5. The topological polar surface area (TPSA) is 32.6 Å². The van der Waals surface area contributed by atoms with E-state index in [0.29, 0.717) is 0 Å². The molecule has 0 aliphatic rings. The Morgan fingerprint density at radius 2 is 0.982 bits per heavy atom. The molecule has 262 valence electrons. The summed E-state index contributed by atoms with van der Waals surface area (Å²) in [5.41, 5.74) is 13.5. The maximum Gasteiger partial charge on any atom is 0.145 e. The summed E-state index contributed by atoms with van der Waals surface area (Å²) in [4.78, 5) is 5.17. The van der Waals surface area contributed by atoms with Gasteiger partial charge in [0.25, 0.3) is 0 Å². The summed E-state index contributed by atoms with van der Waals surface area (Å²) in [6.07, 6.45) is 2.19. The summed E-state index contributed by atoms with van der Waals surface area (Å²) in [5, 5.41) is 6.11. The summed E-state index contributed by atoms with van der Waals surface area (Å²) < 4.78 is 9.45. The highest BCUT2D eigenvalue weighted by Crippen LogP contribution is 2.43. The molecule has 0 fully saturated rings. The number of rotatable bonds is 5. The van der Waals surface area contributed by atoms with Crippen LogP contribution < -0.4 is 0 Å². The van der Waals surface area contributed by atoms with Crippen molar-refractivity contribution in [3.05, 3.63) is 200 Å². The van der Waals surface area contributed by atoms with E-state index in [0.717, 1.165) is 45.2 Å². The summed E-state index contributed by atoms with van der Waals surface area (Å²) in [7, 11) is 0. The lowest BCUT2D eigenvalue weighted by Gasteiger charge is -2.12. The molecule has 4 heterocycles. The minimum atomic E-state index is 0.920. The number of benzene rings is 8. The minimum absolute atomic E-state index is 0.920. The predicted octanol–water partition coefficient (Wildman–Crippen LogP) is 12.8. The molecular weight excluding hydrogens is 683 g/mol. The van der Waals surface area contributed by atoms with E-state index in [2.05, 4.69) is 219 Å². The highest BCUT2D eigenvalue weighted by atomic mass is 15.1. The monoisotopic (exact) mass is 715 g/mol. The van der Waals surface area contributed by atoms with Crippen molar-refractivity contribution >= 4 is 65.5 Å². The summed E-state index contributed by atoms with van der Waals surface area (Å²) >= 11 is 0. The molecule has 0 bridgehead atoms. The summed E-state index contributed by atoms with van der Waals surface area (Å²) in [6.45, 7) is 0. The third-order valence-electron chi connectivity index (χ3n) is 11.4. The fourth-order valence-electron chi connectivity index (χ4n) is 8.94. The van der Waals surface area contributed by atoms with Crippen LogP contribution in [0.5, 0.6) is 0 Å². The lowest BCUT2D eigenvalue weighted by Crippen LogP contribution is -1.98. The number of fused-ring (bicyclic) bond motifs is 9. The molecule has 12 aromatic rings. The van der Waals surface area contributed by atoms with Gasteiger partial charge in [0.15, 0.2) is 0 Å². The van der Waals surface area contributed by atoms with Crippen LogP contribution in [0.2, 0.25) is 0 Å². The molecule has 0 unspecified atom stereocenters. The van der Waals surface area contributed by atoms with Crippen molar-refractivity contribution in [1.29, 1.82) is 0 Å². The Kier molecular flexibility index (Phi) is 6.56. The van der Waals surface area contributed by atoms with Crippen LogP contribution in [-0.4, -0.2) is 23.3 Å². The fourth-order valence-corrected chi connectivity index (χ4v) is 8.94. The summed E-state index contributed by atoms with van der Waals surface area (Å²) in [5.74, 6) is 0.920. The van der Waals surface area contributed by atoms with Crippen LogP contribution in [0.1, 0.15) is 0 Å². The molecule has 0 N–H and O–H groups in total. The Morgan fingerprint density at radius 1 is 0.357 bits per heavy atom. The van der Waals surface area contributed by atoms with Crippen molar-refractivity contribution in [3.8, 4) is 34.1 Å². The van der Waals surface area contributed by atoms with E-state index in [1.165, 1.54) is 54.5 Å².